The van der Waals surface area contributed by atoms with Gasteiger partial charge in [-0.15, -0.1) is 0 Å². The molecule has 2 N–H and O–H groups in total. The highest BCUT2D eigenvalue weighted by atomic mass is 16.5. The summed E-state index contributed by atoms with van der Waals surface area (Å²) in [5, 5.41) is 6.38. The second kappa shape index (κ2) is 6.48. The van der Waals surface area contributed by atoms with Crippen molar-refractivity contribution in [3.63, 3.8) is 0 Å². The zero-order valence-corrected chi connectivity index (χ0v) is 13.5. The fourth-order valence-electron chi connectivity index (χ4n) is 2.66. The van der Waals surface area contributed by atoms with Gasteiger partial charge in [0.25, 0.3) is 5.91 Å². The summed E-state index contributed by atoms with van der Waals surface area (Å²) in [4.78, 5) is 12.1. The summed E-state index contributed by atoms with van der Waals surface area (Å²) in [6, 6.07) is 6.20. The van der Waals surface area contributed by atoms with Crippen molar-refractivity contribution in [2.45, 2.75) is 40.2 Å². The molecule has 116 valence electrons. The predicted molar refractivity (Wildman–Crippen MR) is 84.8 cm³/mol. The van der Waals surface area contributed by atoms with Gasteiger partial charge in [0, 0.05) is 6.04 Å². The van der Waals surface area contributed by atoms with E-state index in [9.17, 15) is 4.79 Å². The van der Waals surface area contributed by atoms with E-state index in [0.717, 1.165) is 18.5 Å². The van der Waals surface area contributed by atoms with E-state index in [4.69, 9.17) is 4.74 Å². The van der Waals surface area contributed by atoms with Gasteiger partial charge in [0.15, 0.2) is 0 Å². The monoisotopic (exact) mass is 290 g/mol. The average molecular weight is 290 g/mol. The van der Waals surface area contributed by atoms with Crippen molar-refractivity contribution < 1.29 is 9.53 Å². The van der Waals surface area contributed by atoms with Crippen molar-refractivity contribution in [3.8, 4) is 5.75 Å². The highest BCUT2D eigenvalue weighted by Gasteiger charge is 2.23. The zero-order chi connectivity index (χ0) is 15.5. The molecule has 0 radical (unpaired) electrons. The van der Waals surface area contributed by atoms with Crippen LogP contribution in [0.25, 0.3) is 0 Å². The normalized spacial score (nSPS) is 16.5. The number of rotatable bonds is 4. The summed E-state index contributed by atoms with van der Waals surface area (Å²) in [6.07, 6.45) is 1.02. The van der Waals surface area contributed by atoms with E-state index in [0.29, 0.717) is 24.5 Å². The van der Waals surface area contributed by atoms with Crippen molar-refractivity contribution in [2.24, 2.45) is 5.41 Å². The van der Waals surface area contributed by atoms with Crippen LogP contribution >= 0.6 is 0 Å². The Morgan fingerprint density at radius 3 is 2.81 bits per heavy atom. The largest absolute Gasteiger partial charge is 0.491 e. The molecule has 0 fully saturated rings. The minimum Gasteiger partial charge on any atom is -0.491 e. The maximum atomic E-state index is 12.1. The van der Waals surface area contributed by atoms with Crippen LogP contribution in [-0.4, -0.2) is 25.6 Å². The van der Waals surface area contributed by atoms with Gasteiger partial charge in [-0.1, -0.05) is 33.8 Å². The molecule has 0 aromatic heterocycles. The van der Waals surface area contributed by atoms with Crippen LogP contribution in [0.2, 0.25) is 0 Å². The summed E-state index contributed by atoms with van der Waals surface area (Å²) in [7, 11) is 0. The standard InChI is InChI=1S/C17H26N2O2/c1-5-18-14(11-17(2,3)4)12-6-7-15-13(10-12)16(20)19-8-9-21-15/h6-7,10,14,18H,5,8-9,11H2,1-4H3,(H,19,20). The van der Waals surface area contributed by atoms with Crippen LogP contribution in [0.3, 0.4) is 0 Å². The first-order valence-electron chi connectivity index (χ1n) is 7.69. The van der Waals surface area contributed by atoms with Crippen LogP contribution in [0.5, 0.6) is 5.75 Å². The van der Waals surface area contributed by atoms with Gasteiger partial charge in [-0.05, 0) is 36.1 Å². The fraction of sp³-hybridized carbons (Fsp3) is 0.588. The Bertz CT molecular complexity index is 506. The lowest BCUT2D eigenvalue weighted by atomic mass is 9.85. The lowest BCUT2D eigenvalue weighted by molar-refractivity contribution is 0.0957. The van der Waals surface area contributed by atoms with E-state index >= 15 is 0 Å². The van der Waals surface area contributed by atoms with Gasteiger partial charge < -0.3 is 15.4 Å². The first-order valence-corrected chi connectivity index (χ1v) is 7.69. The summed E-state index contributed by atoms with van der Waals surface area (Å²) in [5.41, 5.74) is 2.01. The van der Waals surface area contributed by atoms with Crippen LogP contribution < -0.4 is 15.4 Å². The van der Waals surface area contributed by atoms with Crippen molar-refractivity contribution in [1.82, 2.24) is 10.6 Å². The van der Waals surface area contributed by atoms with Crippen LogP contribution in [0.4, 0.5) is 0 Å². The SMILES string of the molecule is CCNC(CC(C)(C)C)c1ccc2c(c1)C(=O)NCCO2. The number of hydrogen-bond donors (Lipinski definition) is 2. The Balaban J connectivity index is 2.31. The Labute approximate surface area is 127 Å². The average Bonchev–Trinajstić information content (AvgIpc) is 2.59. The molecular formula is C17H26N2O2. The summed E-state index contributed by atoms with van der Waals surface area (Å²) < 4.78 is 5.61. The third-order valence-electron chi connectivity index (χ3n) is 3.56. The lowest BCUT2D eigenvalue weighted by Crippen LogP contribution is -2.27. The number of carbonyl (C=O) groups excluding carboxylic acids is 1. The first kappa shape index (κ1) is 15.8. The van der Waals surface area contributed by atoms with Gasteiger partial charge in [0.05, 0.1) is 12.1 Å². The first-order chi connectivity index (χ1) is 9.90. The van der Waals surface area contributed by atoms with Crippen molar-refractivity contribution in [1.29, 1.82) is 0 Å². The minimum atomic E-state index is -0.0460. The molecule has 1 aromatic rings. The molecule has 1 heterocycles. The Morgan fingerprint density at radius 1 is 1.38 bits per heavy atom. The second-order valence-corrected chi connectivity index (χ2v) is 6.74. The van der Waals surface area contributed by atoms with Gasteiger partial charge >= 0.3 is 0 Å². The molecule has 4 nitrogen and oxygen atoms in total. The Kier molecular flexibility index (Phi) is 4.88. The highest BCUT2D eigenvalue weighted by Crippen LogP contribution is 2.32. The van der Waals surface area contributed by atoms with E-state index in [1.807, 2.05) is 12.1 Å². The molecule has 1 atom stereocenters. The quantitative estimate of drug-likeness (QED) is 0.896. The molecule has 0 spiro atoms. The Morgan fingerprint density at radius 2 is 2.14 bits per heavy atom. The minimum absolute atomic E-state index is 0.0460. The van der Waals surface area contributed by atoms with Gasteiger partial charge in [-0.25, -0.2) is 0 Å². The smallest absolute Gasteiger partial charge is 0.255 e. The maximum Gasteiger partial charge on any atom is 0.255 e. The number of ether oxygens (including phenoxy) is 1. The van der Waals surface area contributed by atoms with Crippen LogP contribution in [0, 0.1) is 5.41 Å². The Hall–Kier alpha value is -1.55. The molecule has 1 aromatic carbocycles. The molecule has 4 heteroatoms. The topological polar surface area (TPSA) is 50.4 Å². The number of amides is 1. The van der Waals surface area contributed by atoms with Gasteiger partial charge in [-0.3, -0.25) is 4.79 Å². The number of carbonyl (C=O) groups is 1. The van der Waals surface area contributed by atoms with Crippen molar-refractivity contribution in [2.75, 3.05) is 19.7 Å². The van der Waals surface area contributed by atoms with E-state index < -0.39 is 0 Å². The predicted octanol–water partition coefficient (Wildman–Crippen LogP) is 2.90. The van der Waals surface area contributed by atoms with Gasteiger partial charge in [0.2, 0.25) is 0 Å². The van der Waals surface area contributed by atoms with Crippen LogP contribution in [0.15, 0.2) is 18.2 Å². The number of fused-ring (bicyclic) bond motifs is 1. The molecule has 21 heavy (non-hydrogen) atoms. The van der Waals surface area contributed by atoms with Crippen LogP contribution in [-0.2, 0) is 0 Å². The lowest BCUT2D eigenvalue weighted by Gasteiger charge is -2.27. The summed E-state index contributed by atoms with van der Waals surface area (Å²) in [5.74, 6) is 0.634. The number of nitrogens with one attached hydrogen (secondary N) is 2. The highest BCUT2D eigenvalue weighted by molar-refractivity contribution is 5.97. The van der Waals surface area contributed by atoms with E-state index in [1.165, 1.54) is 0 Å². The second-order valence-electron chi connectivity index (χ2n) is 6.74. The molecule has 1 amide bonds. The van der Waals surface area contributed by atoms with Gasteiger partial charge in [-0.2, -0.15) is 0 Å². The van der Waals surface area contributed by atoms with E-state index in [-0.39, 0.29) is 17.4 Å². The molecule has 0 aliphatic carbocycles. The number of benzene rings is 1. The number of hydrogen-bond acceptors (Lipinski definition) is 3. The van der Waals surface area contributed by atoms with Crippen molar-refractivity contribution >= 4 is 5.91 Å². The molecule has 0 saturated heterocycles. The zero-order valence-electron chi connectivity index (χ0n) is 13.5. The van der Waals surface area contributed by atoms with E-state index in [1.54, 1.807) is 0 Å². The maximum absolute atomic E-state index is 12.1. The molecule has 2 rings (SSSR count). The molecule has 1 aliphatic rings. The molecule has 0 bridgehead atoms. The third kappa shape index (κ3) is 4.21. The molecular weight excluding hydrogens is 264 g/mol. The molecule has 1 aliphatic heterocycles. The summed E-state index contributed by atoms with van der Waals surface area (Å²) in [6.45, 7) is 10.8. The third-order valence-corrected chi connectivity index (χ3v) is 3.56. The van der Waals surface area contributed by atoms with Gasteiger partial charge in [0.1, 0.15) is 12.4 Å². The molecule has 1 unspecified atom stereocenters. The van der Waals surface area contributed by atoms with Crippen LogP contribution in [0.1, 0.15) is 56.1 Å². The summed E-state index contributed by atoms with van der Waals surface area (Å²) >= 11 is 0. The fourth-order valence-corrected chi connectivity index (χ4v) is 2.66. The van der Waals surface area contributed by atoms with E-state index in [2.05, 4.69) is 44.4 Å². The molecule has 0 saturated carbocycles. The van der Waals surface area contributed by atoms with Crippen molar-refractivity contribution in [3.05, 3.63) is 29.3 Å².